The van der Waals surface area contributed by atoms with Crippen LogP contribution in [0.2, 0.25) is 5.02 Å². The third kappa shape index (κ3) is 6.78. The van der Waals surface area contributed by atoms with E-state index in [0.717, 1.165) is 5.56 Å². The predicted octanol–water partition coefficient (Wildman–Crippen LogP) is 3.20. The molecule has 0 bridgehead atoms. The lowest BCUT2D eigenvalue weighted by Gasteiger charge is -2.39. The van der Waals surface area contributed by atoms with Gasteiger partial charge in [0.15, 0.2) is 5.78 Å². The molecule has 1 aliphatic heterocycles. The van der Waals surface area contributed by atoms with Crippen LogP contribution in [0.15, 0.2) is 48.7 Å². The number of likely N-dealkylation sites (tertiary alicyclic amines) is 1. The zero-order valence-electron chi connectivity index (χ0n) is 19.9. The Balaban J connectivity index is 1.49. The van der Waals surface area contributed by atoms with Gasteiger partial charge in [-0.25, -0.2) is 4.39 Å². The standard InChI is InChI=1S/C26H27ClFN5O4/c27-20-5-6-22(28)21(10-20)17-3-1-15(2-4-17)7-16(9-24(34)23-11-30-32-31-23)8-18(26(36)37)12-33-13-19(14-33)25(29)35/h1-6,10-11,16,18-19H,7-9,12-14H2,(H2,29,35)(H,36,37)(H,30,31,32)/t16-,18+/m1/s1. The van der Waals surface area contributed by atoms with E-state index < -0.39 is 11.9 Å². The van der Waals surface area contributed by atoms with Crippen LogP contribution in [-0.4, -0.2) is 62.7 Å². The maximum atomic E-state index is 14.3. The summed E-state index contributed by atoms with van der Waals surface area (Å²) in [6.45, 7) is 1.13. The molecule has 0 radical (unpaired) electrons. The van der Waals surface area contributed by atoms with Crippen LogP contribution < -0.4 is 5.73 Å². The molecule has 0 spiro atoms. The number of hydrogen-bond donors (Lipinski definition) is 3. The fourth-order valence-corrected chi connectivity index (χ4v) is 4.85. The van der Waals surface area contributed by atoms with Crippen LogP contribution in [0, 0.1) is 23.6 Å². The van der Waals surface area contributed by atoms with Crippen molar-refractivity contribution in [3.63, 3.8) is 0 Å². The van der Waals surface area contributed by atoms with Gasteiger partial charge in [-0.2, -0.15) is 15.4 Å². The average Bonchev–Trinajstić information content (AvgIpc) is 3.37. The number of Topliss-reactive ketones (excluding diaryl/α,β-unsaturated/α-hetero) is 1. The van der Waals surface area contributed by atoms with E-state index in [1.54, 1.807) is 18.2 Å². The molecular weight excluding hydrogens is 501 g/mol. The number of primary amides is 1. The molecule has 1 aliphatic rings. The van der Waals surface area contributed by atoms with Gasteiger partial charge in [-0.15, -0.1) is 0 Å². The SMILES string of the molecule is NC(=O)C1CN(C[C@H](C[C@H](CC(=O)c2cn[nH]n2)Cc2ccc(-c3cc(Cl)ccc3F)cc2)C(=O)O)C1. The van der Waals surface area contributed by atoms with Gasteiger partial charge >= 0.3 is 5.97 Å². The summed E-state index contributed by atoms with van der Waals surface area (Å²) in [5.74, 6) is -3.27. The van der Waals surface area contributed by atoms with Gasteiger partial charge < -0.3 is 15.7 Å². The molecule has 194 valence electrons. The number of ketones is 1. The van der Waals surface area contributed by atoms with Crippen LogP contribution in [0.25, 0.3) is 11.1 Å². The van der Waals surface area contributed by atoms with Gasteiger partial charge in [0, 0.05) is 36.6 Å². The van der Waals surface area contributed by atoms with Crippen molar-refractivity contribution in [2.45, 2.75) is 19.3 Å². The summed E-state index contributed by atoms with van der Waals surface area (Å²) in [7, 11) is 0. The lowest BCUT2D eigenvalue weighted by molar-refractivity contribution is -0.144. The van der Waals surface area contributed by atoms with E-state index in [-0.39, 0.29) is 54.4 Å². The average molecular weight is 528 g/mol. The second-order valence-corrected chi connectivity index (χ2v) is 9.90. The number of rotatable bonds is 12. The number of nitrogens with two attached hydrogens (primary N) is 1. The summed E-state index contributed by atoms with van der Waals surface area (Å²) >= 11 is 6.02. The van der Waals surface area contributed by atoms with E-state index in [2.05, 4.69) is 15.4 Å². The number of aromatic amines is 1. The van der Waals surface area contributed by atoms with E-state index in [1.165, 1.54) is 18.3 Å². The first kappa shape index (κ1) is 26.4. The Morgan fingerprint density at radius 1 is 1.19 bits per heavy atom. The Bertz CT molecular complexity index is 1260. The number of benzene rings is 2. The molecule has 0 aliphatic carbocycles. The molecule has 1 saturated heterocycles. The summed E-state index contributed by atoms with van der Waals surface area (Å²) < 4.78 is 14.3. The zero-order chi connectivity index (χ0) is 26.5. The van der Waals surface area contributed by atoms with Crippen LogP contribution in [0.4, 0.5) is 4.39 Å². The first-order valence-electron chi connectivity index (χ1n) is 11.9. The maximum absolute atomic E-state index is 14.3. The van der Waals surface area contributed by atoms with Crippen molar-refractivity contribution < 1.29 is 23.9 Å². The van der Waals surface area contributed by atoms with Gasteiger partial charge in [-0.05, 0) is 48.1 Å². The fourth-order valence-electron chi connectivity index (χ4n) is 4.68. The zero-order valence-corrected chi connectivity index (χ0v) is 20.7. The second-order valence-electron chi connectivity index (χ2n) is 9.46. The number of carbonyl (C=O) groups excluding carboxylic acids is 2. The molecule has 9 nitrogen and oxygen atoms in total. The smallest absolute Gasteiger partial charge is 0.307 e. The molecule has 2 atom stereocenters. The molecule has 1 aromatic heterocycles. The first-order valence-corrected chi connectivity index (χ1v) is 12.2. The van der Waals surface area contributed by atoms with Crippen molar-refractivity contribution in [1.82, 2.24) is 20.3 Å². The Morgan fingerprint density at radius 2 is 1.92 bits per heavy atom. The van der Waals surface area contributed by atoms with Crippen LogP contribution in [0.3, 0.4) is 0 Å². The van der Waals surface area contributed by atoms with Crippen molar-refractivity contribution in [3.8, 4) is 11.1 Å². The van der Waals surface area contributed by atoms with Gasteiger partial charge in [0.2, 0.25) is 5.91 Å². The molecule has 4 rings (SSSR count). The number of halogens is 2. The number of nitrogens with one attached hydrogen (secondary N) is 1. The number of carboxylic acid groups (broad SMARTS) is 1. The van der Waals surface area contributed by atoms with Crippen LogP contribution in [0.1, 0.15) is 28.9 Å². The van der Waals surface area contributed by atoms with E-state index in [1.807, 2.05) is 17.0 Å². The molecule has 37 heavy (non-hydrogen) atoms. The maximum Gasteiger partial charge on any atom is 0.307 e. The minimum Gasteiger partial charge on any atom is -0.481 e. The molecule has 2 aromatic carbocycles. The number of aliphatic carboxylic acids is 1. The summed E-state index contributed by atoms with van der Waals surface area (Å²) in [5, 5.41) is 20.3. The number of hydrogen-bond acceptors (Lipinski definition) is 6. The largest absolute Gasteiger partial charge is 0.481 e. The minimum absolute atomic E-state index is 0.0882. The van der Waals surface area contributed by atoms with E-state index in [4.69, 9.17) is 17.3 Å². The first-order chi connectivity index (χ1) is 17.7. The van der Waals surface area contributed by atoms with Gasteiger partial charge in [0.05, 0.1) is 18.0 Å². The number of amides is 1. The van der Waals surface area contributed by atoms with Gasteiger partial charge in [-0.3, -0.25) is 14.4 Å². The Kier molecular flexibility index (Phi) is 8.30. The van der Waals surface area contributed by atoms with E-state index >= 15 is 0 Å². The summed E-state index contributed by atoms with van der Waals surface area (Å²) in [5.41, 5.74) is 7.43. The Hall–Kier alpha value is -3.63. The van der Waals surface area contributed by atoms with Crippen molar-refractivity contribution in [3.05, 3.63) is 70.8 Å². The lowest BCUT2D eigenvalue weighted by Crippen LogP contribution is -2.54. The molecule has 0 saturated carbocycles. The Labute approximate surface area is 217 Å². The highest BCUT2D eigenvalue weighted by atomic mass is 35.5. The highest BCUT2D eigenvalue weighted by molar-refractivity contribution is 6.30. The van der Waals surface area contributed by atoms with Crippen LogP contribution in [-0.2, 0) is 16.0 Å². The van der Waals surface area contributed by atoms with Crippen molar-refractivity contribution in [2.24, 2.45) is 23.5 Å². The van der Waals surface area contributed by atoms with Gasteiger partial charge in [0.25, 0.3) is 0 Å². The number of H-pyrrole nitrogens is 1. The normalized spacial score (nSPS) is 15.6. The Morgan fingerprint density at radius 3 is 2.54 bits per heavy atom. The fraction of sp³-hybridized carbons (Fsp3) is 0.346. The third-order valence-electron chi connectivity index (χ3n) is 6.70. The molecule has 1 fully saturated rings. The van der Waals surface area contributed by atoms with Crippen molar-refractivity contribution in [2.75, 3.05) is 19.6 Å². The highest BCUT2D eigenvalue weighted by Crippen LogP contribution is 2.29. The van der Waals surface area contributed by atoms with Crippen molar-refractivity contribution in [1.29, 1.82) is 0 Å². The topological polar surface area (TPSA) is 142 Å². The monoisotopic (exact) mass is 527 g/mol. The molecule has 4 N–H and O–H groups in total. The van der Waals surface area contributed by atoms with Gasteiger partial charge in [-0.1, -0.05) is 35.9 Å². The van der Waals surface area contributed by atoms with Crippen LogP contribution in [0.5, 0.6) is 0 Å². The molecular formula is C26H27ClFN5O4. The number of aromatic nitrogens is 3. The quantitative estimate of drug-likeness (QED) is 0.307. The lowest BCUT2D eigenvalue weighted by atomic mass is 9.84. The van der Waals surface area contributed by atoms with Crippen molar-refractivity contribution >= 4 is 29.3 Å². The van der Waals surface area contributed by atoms with Gasteiger partial charge in [0.1, 0.15) is 11.5 Å². The highest BCUT2D eigenvalue weighted by Gasteiger charge is 2.35. The summed E-state index contributed by atoms with van der Waals surface area (Å²) in [4.78, 5) is 38.1. The molecule has 3 aromatic rings. The minimum atomic E-state index is -0.965. The number of carboxylic acids is 1. The molecule has 1 amide bonds. The van der Waals surface area contributed by atoms with E-state index in [9.17, 15) is 23.9 Å². The predicted molar refractivity (Wildman–Crippen MR) is 134 cm³/mol. The van der Waals surface area contributed by atoms with Crippen LogP contribution >= 0.6 is 11.6 Å². The number of nitrogens with zero attached hydrogens (tertiary/aromatic N) is 3. The molecule has 11 heteroatoms. The molecule has 0 unspecified atom stereocenters. The second kappa shape index (κ2) is 11.6. The molecule has 2 heterocycles. The number of carbonyl (C=O) groups is 3. The summed E-state index contributed by atoms with van der Waals surface area (Å²) in [6.07, 6.45) is 2.12. The van der Waals surface area contributed by atoms with E-state index in [0.29, 0.717) is 35.7 Å². The third-order valence-corrected chi connectivity index (χ3v) is 6.93. The summed E-state index contributed by atoms with van der Waals surface area (Å²) in [6, 6.07) is 11.6.